The zero-order chi connectivity index (χ0) is 23.3. The fourth-order valence-corrected chi connectivity index (χ4v) is 3.22. The molecule has 0 aliphatic carbocycles. The average molecular weight is 452 g/mol. The summed E-state index contributed by atoms with van der Waals surface area (Å²) in [5, 5.41) is 11.7. The molecular formula is C24H22ClN3O4. The number of rotatable bonds is 5. The zero-order valence-electron chi connectivity index (χ0n) is 17.7. The van der Waals surface area contributed by atoms with Crippen molar-refractivity contribution in [2.24, 2.45) is 7.05 Å². The Morgan fingerprint density at radius 1 is 1.09 bits per heavy atom. The first-order valence-corrected chi connectivity index (χ1v) is 10.3. The Kier molecular flexibility index (Phi) is 7.18. The highest BCUT2D eigenvalue weighted by molar-refractivity contribution is 6.32. The van der Waals surface area contributed by atoms with Gasteiger partial charge < -0.3 is 10.4 Å². The van der Waals surface area contributed by atoms with E-state index in [0.717, 1.165) is 20.3 Å². The van der Waals surface area contributed by atoms with E-state index in [4.69, 9.17) is 11.6 Å². The maximum Gasteiger partial charge on any atom is 0.332 e. The van der Waals surface area contributed by atoms with Crippen molar-refractivity contribution in [3.63, 3.8) is 0 Å². The summed E-state index contributed by atoms with van der Waals surface area (Å²) < 4.78 is 2.00. The van der Waals surface area contributed by atoms with Crippen LogP contribution in [0.1, 0.15) is 23.1 Å². The van der Waals surface area contributed by atoms with E-state index in [1.807, 2.05) is 31.2 Å². The number of aromatic hydroxyl groups is 1. The van der Waals surface area contributed by atoms with Gasteiger partial charge in [0.15, 0.2) is 0 Å². The molecule has 32 heavy (non-hydrogen) atoms. The van der Waals surface area contributed by atoms with E-state index in [9.17, 15) is 19.5 Å². The third kappa shape index (κ3) is 5.48. The first-order chi connectivity index (χ1) is 15.3. The molecule has 3 rings (SSSR count). The van der Waals surface area contributed by atoms with Crippen LogP contribution in [0.4, 0.5) is 5.69 Å². The van der Waals surface area contributed by atoms with Crippen LogP contribution >= 0.6 is 11.6 Å². The first kappa shape index (κ1) is 22.9. The lowest BCUT2D eigenvalue weighted by molar-refractivity contribution is -0.116. The van der Waals surface area contributed by atoms with Crippen molar-refractivity contribution in [2.75, 3.05) is 5.32 Å². The monoisotopic (exact) mass is 451 g/mol. The number of halogens is 1. The highest BCUT2D eigenvalue weighted by Gasteiger charge is 2.17. The summed E-state index contributed by atoms with van der Waals surface area (Å²) in [4.78, 5) is 37.5. The fourth-order valence-electron chi connectivity index (χ4n) is 2.96. The minimum Gasteiger partial charge on any atom is -0.508 e. The fraction of sp³-hybridized carbons (Fsp3) is 0.208. The number of aryl methyl sites for hydroxylation is 2. The van der Waals surface area contributed by atoms with Gasteiger partial charge >= 0.3 is 5.69 Å². The van der Waals surface area contributed by atoms with E-state index < -0.39 is 11.2 Å². The summed E-state index contributed by atoms with van der Waals surface area (Å²) >= 11 is 6.31. The Labute approximate surface area is 189 Å². The normalized spacial score (nSPS) is 10.3. The van der Waals surface area contributed by atoms with Crippen LogP contribution in [-0.2, 0) is 24.8 Å². The lowest BCUT2D eigenvalue weighted by atomic mass is 10.1. The van der Waals surface area contributed by atoms with Crippen molar-refractivity contribution in [3.8, 4) is 17.6 Å². The van der Waals surface area contributed by atoms with Crippen LogP contribution in [0.2, 0.25) is 5.15 Å². The van der Waals surface area contributed by atoms with Crippen molar-refractivity contribution in [2.45, 2.75) is 26.3 Å². The molecule has 0 bridgehead atoms. The van der Waals surface area contributed by atoms with E-state index in [2.05, 4.69) is 17.2 Å². The number of nitrogens with one attached hydrogen (secondary N) is 1. The average Bonchev–Trinajstić information content (AvgIpc) is 2.78. The van der Waals surface area contributed by atoms with E-state index in [-0.39, 0.29) is 35.5 Å². The minimum atomic E-state index is -0.688. The molecule has 0 aliphatic rings. The van der Waals surface area contributed by atoms with Crippen molar-refractivity contribution >= 4 is 23.2 Å². The van der Waals surface area contributed by atoms with Crippen molar-refractivity contribution in [1.82, 2.24) is 9.13 Å². The molecule has 0 aliphatic heterocycles. The van der Waals surface area contributed by atoms with Crippen molar-refractivity contribution in [1.29, 1.82) is 0 Å². The molecule has 2 N–H and O–H groups in total. The largest absolute Gasteiger partial charge is 0.508 e. The van der Waals surface area contributed by atoms with Crippen molar-refractivity contribution < 1.29 is 9.90 Å². The Hall–Kier alpha value is -3.76. The number of carbonyl (C=O) groups is 1. The quantitative estimate of drug-likeness (QED) is 0.461. The number of carbonyl (C=O) groups excluding carboxylic acids is 1. The number of phenols is 1. The summed E-state index contributed by atoms with van der Waals surface area (Å²) in [6.45, 7) is 1.90. The van der Waals surface area contributed by atoms with Gasteiger partial charge in [-0.25, -0.2) is 4.79 Å². The second-order valence-corrected chi connectivity index (χ2v) is 7.64. The van der Waals surface area contributed by atoms with Gasteiger partial charge in [-0.2, -0.15) is 0 Å². The smallest absolute Gasteiger partial charge is 0.332 e. The highest BCUT2D eigenvalue weighted by atomic mass is 35.5. The van der Waals surface area contributed by atoms with Crippen LogP contribution in [0, 0.1) is 18.8 Å². The molecule has 1 aromatic heterocycles. The van der Waals surface area contributed by atoms with Crippen LogP contribution in [0.3, 0.4) is 0 Å². The Morgan fingerprint density at radius 3 is 2.41 bits per heavy atom. The molecule has 0 radical (unpaired) electrons. The number of benzene rings is 2. The second kappa shape index (κ2) is 10.0. The van der Waals surface area contributed by atoms with Crippen LogP contribution in [0.5, 0.6) is 5.75 Å². The highest BCUT2D eigenvalue weighted by Crippen LogP contribution is 2.16. The van der Waals surface area contributed by atoms with Gasteiger partial charge in [-0.1, -0.05) is 53.3 Å². The second-order valence-electron chi connectivity index (χ2n) is 7.28. The molecule has 164 valence electrons. The third-order valence-corrected chi connectivity index (χ3v) is 5.24. The van der Waals surface area contributed by atoms with Crippen LogP contribution < -0.4 is 16.6 Å². The molecule has 0 unspecified atom stereocenters. The Bertz CT molecular complexity index is 1310. The molecule has 1 amide bonds. The molecule has 0 spiro atoms. The van der Waals surface area contributed by atoms with Gasteiger partial charge in [0.2, 0.25) is 5.91 Å². The molecule has 7 nitrogen and oxygen atoms in total. The Morgan fingerprint density at radius 2 is 1.75 bits per heavy atom. The van der Waals surface area contributed by atoms with E-state index in [1.165, 1.54) is 19.2 Å². The number of nitrogens with zero attached hydrogens (tertiary/aromatic N) is 2. The zero-order valence-corrected chi connectivity index (χ0v) is 18.4. The van der Waals surface area contributed by atoms with Crippen LogP contribution in [0.15, 0.2) is 58.1 Å². The lowest BCUT2D eigenvalue weighted by Gasteiger charge is -2.13. The molecule has 2 aromatic carbocycles. The molecule has 3 aromatic rings. The molecular weight excluding hydrogens is 430 g/mol. The van der Waals surface area contributed by atoms with Crippen LogP contribution in [-0.4, -0.2) is 20.1 Å². The van der Waals surface area contributed by atoms with E-state index >= 15 is 0 Å². The summed E-state index contributed by atoms with van der Waals surface area (Å²) in [6.07, 6.45) is 0.657. The summed E-state index contributed by atoms with van der Waals surface area (Å²) in [5.74, 6) is 5.41. The van der Waals surface area contributed by atoms with Crippen molar-refractivity contribution in [3.05, 3.63) is 91.2 Å². The number of hydrogen-bond donors (Lipinski definition) is 2. The standard InChI is InChI=1S/C24H22ClN3O4/c1-16-5-7-18(8-6-16)11-14-20(30)26-21-22(25)28(24(32)27(2)23(21)31)15-3-4-17-9-12-19(29)13-10-17/h5-10,12-13,29H,11,14-15H2,1-2H3,(H,26,30). The number of amides is 1. The van der Waals surface area contributed by atoms with Gasteiger partial charge in [0, 0.05) is 19.0 Å². The van der Waals surface area contributed by atoms with Gasteiger partial charge in [0.25, 0.3) is 5.56 Å². The summed E-state index contributed by atoms with van der Waals surface area (Å²) in [6, 6.07) is 14.1. The molecule has 8 heteroatoms. The van der Waals surface area contributed by atoms with Crippen LogP contribution in [0.25, 0.3) is 0 Å². The predicted octanol–water partition coefficient (Wildman–Crippen LogP) is 2.84. The predicted molar refractivity (Wildman–Crippen MR) is 124 cm³/mol. The molecule has 0 saturated carbocycles. The maximum absolute atomic E-state index is 12.5. The number of hydrogen-bond acceptors (Lipinski definition) is 4. The number of aromatic nitrogens is 2. The first-order valence-electron chi connectivity index (χ1n) is 9.89. The van der Waals surface area contributed by atoms with Gasteiger partial charge in [-0.15, -0.1) is 0 Å². The Balaban J connectivity index is 1.79. The topological polar surface area (TPSA) is 93.3 Å². The molecule has 0 saturated heterocycles. The van der Waals surface area contributed by atoms with Gasteiger partial charge in [0.05, 0.1) is 6.54 Å². The third-order valence-electron chi connectivity index (χ3n) is 4.84. The SMILES string of the molecule is Cc1ccc(CCC(=O)Nc2c(Cl)n(CC#Cc3ccc(O)cc3)c(=O)n(C)c2=O)cc1. The van der Waals surface area contributed by atoms with Gasteiger partial charge in [-0.05, 0) is 43.2 Å². The minimum absolute atomic E-state index is 0.0844. The van der Waals surface area contributed by atoms with Gasteiger partial charge in [-0.3, -0.25) is 18.7 Å². The molecule has 0 atom stereocenters. The van der Waals surface area contributed by atoms with Gasteiger partial charge in [0.1, 0.15) is 16.6 Å². The number of phenolic OH excluding ortho intramolecular Hbond substituents is 1. The molecule has 1 heterocycles. The number of anilines is 1. The van der Waals surface area contributed by atoms with E-state index in [1.54, 1.807) is 12.1 Å². The molecule has 0 fully saturated rings. The summed E-state index contributed by atoms with van der Waals surface area (Å²) in [5.41, 5.74) is 1.28. The summed E-state index contributed by atoms with van der Waals surface area (Å²) in [7, 11) is 1.31. The lowest BCUT2D eigenvalue weighted by Crippen LogP contribution is -2.40. The maximum atomic E-state index is 12.5. The van der Waals surface area contributed by atoms with E-state index in [0.29, 0.717) is 12.0 Å².